The minimum Gasteiger partial charge on any atom is -0.491 e. The average molecular weight is 324 g/mol. The summed E-state index contributed by atoms with van der Waals surface area (Å²) in [4.78, 5) is 4.52. The molecule has 3 rings (SSSR count). The Morgan fingerprint density at radius 3 is 2.50 bits per heavy atom. The molecule has 0 amide bonds. The molecule has 1 N–H and O–H groups in total. The van der Waals surface area contributed by atoms with Crippen molar-refractivity contribution < 1.29 is 9.84 Å². The summed E-state index contributed by atoms with van der Waals surface area (Å²) < 4.78 is 5.76. The van der Waals surface area contributed by atoms with Gasteiger partial charge in [-0.05, 0) is 22.9 Å². The van der Waals surface area contributed by atoms with Gasteiger partial charge in [0.1, 0.15) is 18.5 Å². The Bertz CT molecular complexity index is 702. The van der Waals surface area contributed by atoms with Crippen LogP contribution in [0, 0.1) is 12.3 Å². The van der Waals surface area contributed by atoms with E-state index in [1.165, 1.54) is 5.39 Å². The Morgan fingerprint density at radius 2 is 1.75 bits per heavy atom. The molecule has 1 aliphatic heterocycles. The van der Waals surface area contributed by atoms with Crippen LogP contribution < -0.4 is 4.74 Å². The molecule has 0 bridgehead atoms. The monoisotopic (exact) mass is 324 g/mol. The maximum absolute atomic E-state index is 10.2. The molecule has 4 heteroatoms. The van der Waals surface area contributed by atoms with Crippen LogP contribution in [-0.2, 0) is 0 Å². The quantitative estimate of drug-likeness (QED) is 0.823. The maximum atomic E-state index is 10.2. The van der Waals surface area contributed by atoms with Crippen LogP contribution in [0.2, 0.25) is 0 Å². The van der Waals surface area contributed by atoms with Gasteiger partial charge in [-0.2, -0.15) is 0 Å². The molecule has 0 aromatic heterocycles. The fraction of sp³-hybridized carbons (Fsp3) is 0.400. The van der Waals surface area contributed by atoms with E-state index in [-0.39, 0.29) is 0 Å². The van der Waals surface area contributed by atoms with Crippen molar-refractivity contribution in [2.75, 3.05) is 45.9 Å². The predicted octanol–water partition coefficient (Wildman–Crippen LogP) is 1.83. The van der Waals surface area contributed by atoms with Gasteiger partial charge < -0.3 is 9.84 Å². The molecule has 0 saturated carbocycles. The van der Waals surface area contributed by atoms with Crippen molar-refractivity contribution in [2.45, 2.75) is 6.10 Å². The van der Waals surface area contributed by atoms with E-state index < -0.39 is 6.10 Å². The second kappa shape index (κ2) is 8.16. The third-order valence-electron chi connectivity index (χ3n) is 4.41. The largest absolute Gasteiger partial charge is 0.491 e. The summed E-state index contributed by atoms with van der Waals surface area (Å²) >= 11 is 0. The summed E-state index contributed by atoms with van der Waals surface area (Å²) in [7, 11) is 0. The van der Waals surface area contributed by atoms with Crippen molar-refractivity contribution in [1.82, 2.24) is 9.80 Å². The fourth-order valence-electron chi connectivity index (χ4n) is 3.06. The number of hydrogen-bond donors (Lipinski definition) is 1. The molecule has 1 aliphatic rings. The molecular formula is C20H24N2O2. The van der Waals surface area contributed by atoms with Crippen molar-refractivity contribution in [3.63, 3.8) is 0 Å². The lowest BCUT2D eigenvalue weighted by molar-refractivity contribution is 0.0485. The topological polar surface area (TPSA) is 35.9 Å². The third kappa shape index (κ3) is 4.48. The Labute approximate surface area is 143 Å². The fourth-order valence-corrected chi connectivity index (χ4v) is 3.06. The van der Waals surface area contributed by atoms with Crippen molar-refractivity contribution >= 4 is 10.8 Å². The van der Waals surface area contributed by atoms with E-state index in [4.69, 9.17) is 11.2 Å². The van der Waals surface area contributed by atoms with Crippen molar-refractivity contribution in [1.29, 1.82) is 0 Å². The lowest BCUT2D eigenvalue weighted by Gasteiger charge is -2.34. The summed E-state index contributed by atoms with van der Waals surface area (Å²) in [6.07, 6.45) is 4.85. The van der Waals surface area contributed by atoms with Gasteiger partial charge in [0.25, 0.3) is 0 Å². The lowest BCUT2D eigenvalue weighted by Crippen LogP contribution is -2.49. The van der Waals surface area contributed by atoms with Crippen LogP contribution in [0.3, 0.4) is 0 Å². The third-order valence-corrected chi connectivity index (χ3v) is 4.41. The number of nitrogens with zero attached hydrogens (tertiary/aromatic N) is 2. The highest BCUT2D eigenvalue weighted by molar-refractivity contribution is 5.83. The standard InChI is InChI=1S/C20H24N2O2/c1-2-9-21-10-12-22(13-11-21)15-19(23)16-24-20-8-7-17-5-3-4-6-18(17)14-20/h1,3-8,14,19,23H,9-13,15-16H2. The first-order valence-corrected chi connectivity index (χ1v) is 8.42. The minimum atomic E-state index is -0.490. The molecule has 1 heterocycles. The number of benzene rings is 2. The summed E-state index contributed by atoms with van der Waals surface area (Å²) in [5.41, 5.74) is 0. The number of ether oxygens (including phenoxy) is 1. The molecule has 1 fully saturated rings. The van der Waals surface area contributed by atoms with Gasteiger partial charge in [0.05, 0.1) is 6.54 Å². The van der Waals surface area contributed by atoms with Crippen molar-refractivity contribution in [3.05, 3.63) is 42.5 Å². The summed E-state index contributed by atoms with van der Waals surface area (Å²) in [6, 6.07) is 14.2. The van der Waals surface area contributed by atoms with Gasteiger partial charge in [0.15, 0.2) is 0 Å². The molecule has 1 atom stereocenters. The summed E-state index contributed by atoms with van der Waals surface area (Å²) in [6.45, 7) is 5.45. The zero-order valence-electron chi connectivity index (χ0n) is 13.9. The van der Waals surface area contributed by atoms with E-state index in [1.54, 1.807) is 0 Å². The first-order chi connectivity index (χ1) is 11.7. The molecule has 0 spiro atoms. The minimum absolute atomic E-state index is 0.308. The van der Waals surface area contributed by atoms with Gasteiger partial charge in [-0.1, -0.05) is 36.3 Å². The van der Waals surface area contributed by atoms with Gasteiger partial charge in [0, 0.05) is 32.7 Å². The zero-order valence-corrected chi connectivity index (χ0v) is 13.9. The van der Waals surface area contributed by atoms with Crippen LogP contribution in [0.1, 0.15) is 0 Å². The zero-order chi connectivity index (χ0) is 16.8. The van der Waals surface area contributed by atoms with Crippen LogP contribution in [-0.4, -0.2) is 66.9 Å². The molecule has 2 aromatic rings. The highest BCUT2D eigenvalue weighted by Gasteiger charge is 2.18. The predicted molar refractivity (Wildman–Crippen MR) is 97.2 cm³/mol. The highest BCUT2D eigenvalue weighted by Crippen LogP contribution is 2.20. The number of hydrogen-bond acceptors (Lipinski definition) is 4. The van der Waals surface area contributed by atoms with Crippen LogP contribution >= 0.6 is 0 Å². The molecule has 0 aliphatic carbocycles. The van der Waals surface area contributed by atoms with Crippen LogP contribution in [0.25, 0.3) is 10.8 Å². The first kappa shape index (κ1) is 16.8. The molecule has 4 nitrogen and oxygen atoms in total. The van der Waals surface area contributed by atoms with Crippen molar-refractivity contribution in [3.8, 4) is 18.1 Å². The van der Waals surface area contributed by atoms with E-state index in [1.807, 2.05) is 30.3 Å². The maximum Gasteiger partial charge on any atom is 0.120 e. The Hall–Kier alpha value is -2.06. The molecular weight excluding hydrogens is 300 g/mol. The number of rotatable bonds is 6. The SMILES string of the molecule is C#CCN1CCN(CC(O)COc2ccc3ccccc3c2)CC1. The number of terminal acetylenes is 1. The van der Waals surface area contributed by atoms with Gasteiger partial charge in [-0.3, -0.25) is 9.80 Å². The molecule has 0 radical (unpaired) electrons. The Balaban J connectivity index is 1.45. The van der Waals surface area contributed by atoms with E-state index >= 15 is 0 Å². The van der Waals surface area contributed by atoms with Crippen molar-refractivity contribution in [2.24, 2.45) is 0 Å². The van der Waals surface area contributed by atoms with E-state index in [0.29, 0.717) is 19.7 Å². The normalized spacial score (nSPS) is 17.5. The van der Waals surface area contributed by atoms with Crippen LogP contribution in [0.4, 0.5) is 0 Å². The van der Waals surface area contributed by atoms with E-state index in [9.17, 15) is 5.11 Å². The number of aliphatic hydroxyl groups is 1. The lowest BCUT2D eigenvalue weighted by atomic mass is 10.1. The Kier molecular flexibility index (Phi) is 5.71. The van der Waals surface area contributed by atoms with Crippen LogP contribution in [0.15, 0.2) is 42.5 Å². The Morgan fingerprint density at radius 1 is 1.04 bits per heavy atom. The number of aliphatic hydroxyl groups excluding tert-OH is 1. The number of piperazine rings is 1. The molecule has 126 valence electrons. The van der Waals surface area contributed by atoms with Gasteiger partial charge in [-0.25, -0.2) is 0 Å². The smallest absolute Gasteiger partial charge is 0.120 e. The van der Waals surface area contributed by atoms with E-state index in [0.717, 1.165) is 37.3 Å². The average Bonchev–Trinajstić information content (AvgIpc) is 2.62. The van der Waals surface area contributed by atoms with Gasteiger partial charge >= 0.3 is 0 Å². The summed E-state index contributed by atoms with van der Waals surface area (Å²) in [5.74, 6) is 3.48. The second-order valence-corrected chi connectivity index (χ2v) is 6.25. The highest BCUT2D eigenvalue weighted by atomic mass is 16.5. The number of β-amino-alcohol motifs (C(OH)–C–C–N with tert-alkyl or cyclic N) is 1. The molecule has 1 unspecified atom stereocenters. The van der Waals surface area contributed by atoms with Crippen LogP contribution in [0.5, 0.6) is 5.75 Å². The molecule has 2 aromatic carbocycles. The first-order valence-electron chi connectivity index (χ1n) is 8.42. The van der Waals surface area contributed by atoms with Gasteiger partial charge in [-0.15, -0.1) is 6.42 Å². The summed E-state index contributed by atoms with van der Waals surface area (Å²) in [5, 5.41) is 12.6. The molecule has 24 heavy (non-hydrogen) atoms. The van der Waals surface area contributed by atoms with E-state index in [2.05, 4.69) is 27.9 Å². The number of fused-ring (bicyclic) bond motifs is 1. The molecule has 1 saturated heterocycles. The van der Waals surface area contributed by atoms with Gasteiger partial charge in [0.2, 0.25) is 0 Å². The second-order valence-electron chi connectivity index (χ2n) is 6.25.